The van der Waals surface area contributed by atoms with Gasteiger partial charge in [0.05, 0.1) is 0 Å². The van der Waals surface area contributed by atoms with Crippen molar-refractivity contribution in [3.05, 3.63) is 70.7 Å². The van der Waals surface area contributed by atoms with Crippen molar-refractivity contribution < 1.29 is 19.1 Å². The van der Waals surface area contributed by atoms with Gasteiger partial charge in [0.15, 0.2) is 17.3 Å². The molecule has 3 heterocycles. The Kier molecular flexibility index (Phi) is 4.50. The summed E-state index contributed by atoms with van der Waals surface area (Å²) in [5, 5.41) is 6.19. The highest BCUT2D eigenvalue weighted by molar-refractivity contribution is 6.09. The highest BCUT2D eigenvalue weighted by Crippen LogP contribution is 2.45. The van der Waals surface area contributed by atoms with Gasteiger partial charge < -0.3 is 20.1 Å². The Balaban J connectivity index is 1.60. The maximum atomic E-state index is 13.3. The van der Waals surface area contributed by atoms with E-state index < -0.39 is 5.92 Å². The standard InChI is InChI=1S/C23H21N3O4/c1-13-20(23(28)26-19-7-2-3-10-24-19)21(22-15(25-13)5-4-6-16(22)27)14-8-9-17-18(11-14)30-12-29-17/h2-3,7-11,21,25H,4-6,12H2,1H3,(H,24,26,28)/t21-/m1/s1. The SMILES string of the molecule is CC1=C(C(=O)Nc2ccccn2)[C@@H](c2ccc3c(c2)OCO3)C2=C(CCCC2=O)N1. The first-order valence-electron chi connectivity index (χ1n) is 9.98. The van der Waals surface area contributed by atoms with Crippen molar-refractivity contribution in [3.8, 4) is 11.5 Å². The maximum absolute atomic E-state index is 13.3. The summed E-state index contributed by atoms with van der Waals surface area (Å²) in [6.07, 6.45) is 3.70. The van der Waals surface area contributed by atoms with Crippen LogP contribution in [0.15, 0.2) is 65.1 Å². The number of ether oxygens (including phenoxy) is 2. The highest BCUT2D eigenvalue weighted by atomic mass is 16.7. The third-order valence-electron chi connectivity index (χ3n) is 5.66. The van der Waals surface area contributed by atoms with Crippen LogP contribution in [0.2, 0.25) is 0 Å². The van der Waals surface area contributed by atoms with E-state index in [4.69, 9.17) is 9.47 Å². The number of aromatic nitrogens is 1. The average molecular weight is 403 g/mol. The molecule has 2 aromatic rings. The van der Waals surface area contributed by atoms with Gasteiger partial charge in [-0.25, -0.2) is 4.98 Å². The Labute approximate surface area is 173 Å². The van der Waals surface area contributed by atoms with E-state index in [0.29, 0.717) is 34.9 Å². The first-order valence-corrected chi connectivity index (χ1v) is 9.98. The Morgan fingerprint density at radius 2 is 2.03 bits per heavy atom. The molecule has 0 unspecified atom stereocenters. The Morgan fingerprint density at radius 1 is 1.17 bits per heavy atom. The predicted octanol–water partition coefficient (Wildman–Crippen LogP) is 3.42. The minimum Gasteiger partial charge on any atom is -0.454 e. The molecule has 2 N–H and O–H groups in total. The van der Waals surface area contributed by atoms with Gasteiger partial charge in [-0.3, -0.25) is 9.59 Å². The second-order valence-electron chi connectivity index (χ2n) is 7.55. The van der Waals surface area contributed by atoms with Crippen LogP contribution in [-0.4, -0.2) is 23.5 Å². The predicted molar refractivity (Wildman–Crippen MR) is 110 cm³/mol. The number of allylic oxidation sites excluding steroid dienone is 3. The Hall–Kier alpha value is -3.61. The molecule has 7 nitrogen and oxygen atoms in total. The first kappa shape index (κ1) is 18.4. The molecule has 1 aliphatic carbocycles. The number of rotatable bonds is 3. The van der Waals surface area contributed by atoms with Gasteiger partial charge in [-0.2, -0.15) is 0 Å². The molecule has 1 amide bonds. The lowest BCUT2D eigenvalue weighted by Gasteiger charge is -2.34. The monoisotopic (exact) mass is 403 g/mol. The van der Waals surface area contributed by atoms with E-state index in [-0.39, 0.29) is 18.5 Å². The smallest absolute Gasteiger partial charge is 0.255 e. The number of nitrogens with one attached hydrogen (secondary N) is 2. The van der Waals surface area contributed by atoms with Crippen molar-refractivity contribution in [1.82, 2.24) is 10.3 Å². The van der Waals surface area contributed by atoms with Crippen LogP contribution >= 0.6 is 0 Å². The third kappa shape index (κ3) is 3.12. The van der Waals surface area contributed by atoms with Crippen molar-refractivity contribution in [2.75, 3.05) is 12.1 Å². The number of fused-ring (bicyclic) bond motifs is 1. The molecule has 3 aliphatic rings. The second kappa shape index (κ2) is 7.33. The second-order valence-corrected chi connectivity index (χ2v) is 7.55. The van der Waals surface area contributed by atoms with E-state index in [1.54, 1.807) is 18.3 Å². The summed E-state index contributed by atoms with van der Waals surface area (Å²) in [6, 6.07) is 10.9. The van der Waals surface area contributed by atoms with Crippen LogP contribution in [0, 0.1) is 0 Å². The first-order chi connectivity index (χ1) is 14.6. The number of nitrogens with zero attached hydrogens (tertiary/aromatic N) is 1. The molecule has 0 spiro atoms. The van der Waals surface area contributed by atoms with Crippen molar-refractivity contribution in [2.45, 2.75) is 32.1 Å². The van der Waals surface area contributed by atoms with Crippen molar-refractivity contribution in [2.24, 2.45) is 0 Å². The van der Waals surface area contributed by atoms with Crippen LogP contribution in [0.3, 0.4) is 0 Å². The third-order valence-corrected chi connectivity index (χ3v) is 5.66. The number of benzene rings is 1. The average Bonchev–Trinajstić information content (AvgIpc) is 3.21. The fourth-order valence-electron chi connectivity index (χ4n) is 4.33. The number of hydrogen-bond acceptors (Lipinski definition) is 6. The van der Waals surface area contributed by atoms with Gasteiger partial charge in [0, 0.05) is 41.1 Å². The van der Waals surface area contributed by atoms with Gasteiger partial charge in [0.25, 0.3) is 5.91 Å². The lowest BCUT2D eigenvalue weighted by molar-refractivity contribution is -0.116. The normalized spacial score (nSPS) is 20.0. The molecule has 152 valence electrons. The zero-order valence-electron chi connectivity index (χ0n) is 16.5. The molecule has 0 fully saturated rings. The number of ketones is 1. The van der Waals surface area contributed by atoms with Crippen LogP contribution in [0.5, 0.6) is 11.5 Å². The fraction of sp³-hybridized carbons (Fsp3) is 0.261. The number of carbonyl (C=O) groups excluding carboxylic acids is 2. The lowest BCUT2D eigenvalue weighted by Crippen LogP contribution is -2.35. The van der Waals surface area contributed by atoms with Gasteiger partial charge in [-0.05, 0) is 49.6 Å². The maximum Gasteiger partial charge on any atom is 0.255 e. The number of hydrogen-bond donors (Lipinski definition) is 2. The Bertz CT molecular complexity index is 1100. The number of carbonyl (C=O) groups is 2. The quantitative estimate of drug-likeness (QED) is 0.816. The topological polar surface area (TPSA) is 89.6 Å². The van der Waals surface area contributed by atoms with Crippen molar-refractivity contribution in [1.29, 1.82) is 0 Å². The zero-order chi connectivity index (χ0) is 20.7. The summed E-state index contributed by atoms with van der Waals surface area (Å²) in [4.78, 5) is 30.5. The van der Waals surface area contributed by atoms with E-state index in [1.165, 1.54) is 0 Å². The van der Waals surface area contributed by atoms with Crippen LogP contribution in [0.4, 0.5) is 5.82 Å². The van der Waals surface area contributed by atoms with E-state index in [1.807, 2.05) is 31.2 Å². The molecule has 7 heteroatoms. The summed E-state index contributed by atoms with van der Waals surface area (Å²) in [7, 11) is 0. The van der Waals surface area contributed by atoms with E-state index in [0.717, 1.165) is 29.8 Å². The summed E-state index contributed by atoms with van der Waals surface area (Å²) in [5.41, 5.74) is 3.64. The van der Waals surface area contributed by atoms with E-state index in [9.17, 15) is 9.59 Å². The molecular formula is C23H21N3O4. The molecule has 2 aliphatic heterocycles. The fourth-order valence-corrected chi connectivity index (χ4v) is 4.33. The lowest BCUT2D eigenvalue weighted by atomic mass is 9.75. The molecule has 0 bridgehead atoms. The Morgan fingerprint density at radius 3 is 2.87 bits per heavy atom. The molecule has 0 saturated heterocycles. The molecule has 1 atom stereocenters. The number of Topliss-reactive ketones (excluding diaryl/α,β-unsaturated/α-hetero) is 1. The van der Waals surface area contributed by atoms with Gasteiger partial charge in [0.1, 0.15) is 5.82 Å². The van der Waals surface area contributed by atoms with Crippen LogP contribution in [0.1, 0.15) is 37.7 Å². The molecule has 1 aromatic carbocycles. The van der Waals surface area contributed by atoms with E-state index >= 15 is 0 Å². The van der Waals surface area contributed by atoms with Gasteiger partial charge >= 0.3 is 0 Å². The van der Waals surface area contributed by atoms with Crippen molar-refractivity contribution in [3.63, 3.8) is 0 Å². The minimum atomic E-state index is -0.479. The molecule has 5 rings (SSSR count). The van der Waals surface area contributed by atoms with Crippen molar-refractivity contribution >= 4 is 17.5 Å². The molecule has 30 heavy (non-hydrogen) atoms. The summed E-state index contributed by atoms with van der Waals surface area (Å²) < 4.78 is 11.0. The summed E-state index contributed by atoms with van der Waals surface area (Å²) in [5.74, 6) is 1.05. The number of amides is 1. The van der Waals surface area contributed by atoms with Gasteiger partial charge in [-0.15, -0.1) is 0 Å². The van der Waals surface area contributed by atoms with Crippen LogP contribution in [0.25, 0.3) is 0 Å². The molecule has 0 saturated carbocycles. The number of pyridine rings is 1. The number of anilines is 1. The molecule has 1 aromatic heterocycles. The minimum absolute atomic E-state index is 0.0713. The van der Waals surface area contributed by atoms with Gasteiger partial charge in [-0.1, -0.05) is 12.1 Å². The summed E-state index contributed by atoms with van der Waals surface area (Å²) in [6.45, 7) is 2.04. The zero-order valence-corrected chi connectivity index (χ0v) is 16.5. The van der Waals surface area contributed by atoms with Crippen LogP contribution in [-0.2, 0) is 9.59 Å². The summed E-state index contributed by atoms with van der Waals surface area (Å²) >= 11 is 0. The van der Waals surface area contributed by atoms with Crippen LogP contribution < -0.4 is 20.1 Å². The molecular weight excluding hydrogens is 382 g/mol. The number of dihydropyridines is 1. The molecule has 0 radical (unpaired) electrons. The highest BCUT2D eigenvalue weighted by Gasteiger charge is 2.39. The van der Waals surface area contributed by atoms with E-state index in [2.05, 4.69) is 15.6 Å². The van der Waals surface area contributed by atoms with Gasteiger partial charge in [0.2, 0.25) is 6.79 Å². The largest absolute Gasteiger partial charge is 0.454 e.